The fourth-order valence-electron chi connectivity index (χ4n) is 2.39. The summed E-state index contributed by atoms with van der Waals surface area (Å²) in [6.45, 7) is 2.01. The number of rotatable bonds is 4. The van der Waals surface area contributed by atoms with E-state index in [1.165, 1.54) is 17.8 Å². The molecule has 0 bridgehead atoms. The Kier molecular flexibility index (Phi) is 3.65. The van der Waals surface area contributed by atoms with Crippen molar-refractivity contribution in [3.63, 3.8) is 0 Å². The second-order valence-corrected chi connectivity index (χ2v) is 4.96. The summed E-state index contributed by atoms with van der Waals surface area (Å²) in [6, 6.07) is 14.2. The molecular formula is C16H14N4O2. The van der Waals surface area contributed by atoms with Crippen LogP contribution in [-0.4, -0.2) is 14.9 Å². The van der Waals surface area contributed by atoms with E-state index in [1.807, 2.05) is 31.2 Å². The van der Waals surface area contributed by atoms with Crippen LogP contribution in [0.1, 0.15) is 18.5 Å². The summed E-state index contributed by atoms with van der Waals surface area (Å²) < 4.78 is 0. The van der Waals surface area contributed by atoms with E-state index in [0.717, 1.165) is 10.9 Å². The molecule has 3 aromatic rings. The number of anilines is 1. The van der Waals surface area contributed by atoms with Crippen LogP contribution in [0, 0.1) is 10.1 Å². The van der Waals surface area contributed by atoms with E-state index in [9.17, 15) is 10.1 Å². The molecule has 22 heavy (non-hydrogen) atoms. The van der Waals surface area contributed by atoms with Crippen LogP contribution in [0.15, 0.2) is 54.9 Å². The molecule has 0 spiro atoms. The van der Waals surface area contributed by atoms with Crippen LogP contribution >= 0.6 is 0 Å². The van der Waals surface area contributed by atoms with E-state index >= 15 is 0 Å². The Labute approximate surface area is 127 Å². The van der Waals surface area contributed by atoms with Crippen LogP contribution in [0.2, 0.25) is 0 Å². The van der Waals surface area contributed by atoms with Gasteiger partial charge in [-0.15, -0.1) is 0 Å². The molecule has 0 saturated heterocycles. The van der Waals surface area contributed by atoms with Crippen molar-refractivity contribution in [1.82, 2.24) is 9.97 Å². The first-order valence-electron chi connectivity index (χ1n) is 6.86. The number of nitrogens with one attached hydrogen (secondary N) is 1. The van der Waals surface area contributed by atoms with Crippen molar-refractivity contribution in [2.45, 2.75) is 13.0 Å². The molecule has 6 nitrogen and oxygen atoms in total. The second kappa shape index (κ2) is 5.77. The summed E-state index contributed by atoms with van der Waals surface area (Å²) >= 11 is 0. The summed E-state index contributed by atoms with van der Waals surface area (Å²) in [6.07, 6.45) is 2.40. The molecule has 0 saturated carbocycles. The van der Waals surface area contributed by atoms with Gasteiger partial charge in [0.05, 0.1) is 11.0 Å². The van der Waals surface area contributed by atoms with Crippen molar-refractivity contribution in [2.24, 2.45) is 0 Å². The lowest BCUT2D eigenvalue weighted by Crippen LogP contribution is -2.10. The predicted molar refractivity (Wildman–Crippen MR) is 84.7 cm³/mol. The molecule has 1 heterocycles. The van der Waals surface area contributed by atoms with Gasteiger partial charge in [-0.3, -0.25) is 10.1 Å². The molecule has 1 atom stereocenters. The maximum absolute atomic E-state index is 10.6. The van der Waals surface area contributed by atoms with Crippen molar-refractivity contribution in [2.75, 3.05) is 5.32 Å². The first-order valence-corrected chi connectivity index (χ1v) is 6.86. The lowest BCUT2D eigenvalue weighted by Gasteiger charge is -2.16. The monoisotopic (exact) mass is 294 g/mol. The zero-order valence-electron chi connectivity index (χ0n) is 11.9. The Hall–Kier alpha value is -3.02. The zero-order chi connectivity index (χ0) is 15.5. The number of nitrogens with zero attached hydrogens (tertiary/aromatic N) is 3. The highest BCUT2D eigenvalue weighted by molar-refractivity contribution is 5.86. The van der Waals surface area contributed by atoms with Gasteiger partial charge in [-0.2, -0.15) is 0 Å². The Morgan fingerprint density at radius 2 is 1.77 bits per heavy atom. The molecule has 0 radical (unpaired) electrons. The van der Waals surface area contributed by atoms with Gasteiger partial charge in [0.25, 0.3) is 0 Å². The lowest BCUT2D eigenvalue weighted by molar-refractivity contribution is -0.385. The summed E-state index contributed by atoms with van der Waals surface area (Å²) in [4.78, 5) is 18.1. The van der Waals surface area contributed by atoms with Gasteiger partial charge in [0.15, 0.2) is 0 Å². The average Bonchev–Trinajstić information content (AvgIpc) is 2.54. The third-order valence-corrected chi connectivity index (χ3v) is 3.48. The van der Waals surface area contributed by atoms with Gasteiger partial charge in [-0.05, 0) is 23.3 Å². The number of hydrogen-bond acceptors (Lipinski definition) is 5. The van der Waals surface area contributed by atoms with Crippen molar-refractivity contribution in [3.05, 3.63) is 70.5 Å². The highest BCUT2D eigenvalue weighted by atomic mass is 16.6. The minimum Gasteiger partial charge on any atom is -0.348 e. The van der Waals surface area contributed by atoms with Gasteiger partial charge >= 0.3 is 5.69 Å². The Morgan fingerprint density at radius 3 is 2.50 bits per heavy atom. The molecule has 0 aliphatic rings. The van der Waals surface area contributed by atoms with Gasteiger partial charge in [0.1, 0.15) is 12.4 Å². The van der Waals surface area contributed by atoms with E-state index in [-0.39, 0.29) is 11.7 Å². The lowest BCUT2D eigenvalue weighted by atomic mass is 10.00. The minimum atomic E-state index is -0.516. The molecular weight excluding hydrogens is 280 g/mol. The maximum Gasteiger partial charge on any atom is 0.305 e. The molecule has 110 valence electrons. The Bertz CT molecular complexity index is 812. The van der Waals surface area contributed by atoms with Crippen LogP contribution in [0.3, 0.4) is 0 Å². The van der Waals surface area contributed by atoms with Crippen LogP contribution in [0.5, 0.6) is 0 Å². The number of hydrogen-bond donors (Lipinski definition) is 1. The van der Waals surface area contributed by atoms with Crippen LogP contribution in [0.4, 0.5) is 11.6 Å². The molecule has 1 N–H and O–H groups in total. The van der Waals surface area contributed by atoms with E-state index in [0.29, 0.717) is 5.95 Å². The van der Waals surface area contributed by atoms with Crippen molar-refractivity contribution < 1.29 is 4.92 Å². The largest absolute Gasteiger partial charge is 0.348 e. The zero-order valence-corrected chi connectivity index (χ0v) is 11.9. The third-order valence-electron chi connectivity index (χ3n) is 3.48. The maximum atomic E-state index is 10.6. The molecule has 0 fully saturated rings. The molecule has 3 rings (SSSR count). The van der Waals surface area contributed by atoms with Gasteiger partial charge < -0.3 is 5.32 Å². The first kappa shape index (κ1) is 13.9. The van der Waals surface area contributed by atoms with E-state index in [4.69, 9.17) is 0 Å². The fraction of sp³-hybridized carbons (Fsp3) is 0.125. The normalized spacial score (nSPS) is 12.0. The Balaban J connectivity index is 1.87. The molecule has 1 aromatic heterocycles. The quantitative estimate of drug-likeness (QED) is 0.586. The van der Waals surface area contributed by atoms with Crippen molar-refractivity contribution in [1.29, 1.82) is 0 Å². The third kappa shape index (κ3) is 2.71. The fourth-order valence-corrected chi connectivity index (χ4v) is 2.39. The van der Waals surface area contributed by atoms with Crippen molar-refractivity contribution >= 4 is 22.4 Å². The highest BCUT2D eigenvalue weighted by Crippen LogP contribution is 2.26. The predicted octanol–water partition coefficient (Wildman–Crippen LogP) is 3.71. The topological polar surface area (TPSA) is 81.0 Å². The SMILES string of the molecule is CC(Nc1ncc([N+](=O)[O-])cn1)c1cccc2ccccc12. The van der Waals surface area contributed by atoms with Crippen LogP contribution < -0.4 is 5.32 Å². The smallest absolute Gasteiger partial charge is 0.305 e. The first-order chi connectivity index (χ1) is 10.6. The van der Waals surface area contributed by atoms with E-state index in [1.54, 1.807) is 0 Å². The second-order valence-electron chi connectivity index (χ2n) is 4.96. The highest BCUT2D eigenvalue weighted by Gasteiger charge is 2.12. The molecule has 0 aliphatic carbocycles. The van der Waals surface area contributed by atoms with E-state index < -0.39 is 4.92 Å². The van der Waals surface area contributed by atoms with E-state index in [2.05, 4.69) is 33.5 Å². The summed E-state index contributed by atoms with van der Waals surface area (Å²) in [5, 5.41) is 16.1. The standard InChI is InChI=1S/C16H14N4O2/c1-11(19-16-17-9-13(10-18-16)20(21)22)14-8-4-6-12-5-2-3-7-15(12)14/h2-11H,1H3,(H,17,18,19). The minimum absolute atomic E-state index is 0.0208. The molecule has 1 unspecified atom stereocenters. The molecule has 0 aliphatic heterocycles. The van der Waals surface area contributed by atoms with Gasteiger partial charge in [-0.1, -0.05) is 42.5 Å². The molecule has 6 heteroatoms. The summed E-state index contributed by atoms with van der Waals surface area (Å²) in [7, 11) is 0. The molecule has 0 amide bonds. The Morgan fingerprint density at radius 1 is 1.09 bits per heavy atom. The van der Waals surface area contributed by atoms with Crippen LogP contribution in [-0.2, 0) is 0 Å². The summed E-state index contributed by atoms with van der Waals surface area (Å²) in [5.41, 5.74) is 1.00. The number of aromatic nitrogens is 2. The van der Waals surface area contributed by atoms with Crippen molar-refractivity contribution in [3.8, 4) is 0 Å². The summed E-state index contributed by atoms with van der Waals surface area (Å²) in [5.74, 6) is 0.367. The van der Waals surface area contributed by atoms with Gasteiger partial charge in [0.2, 0.25) is 5.95 Å². The molecule has 2 aromatic carbocycles. The van der Waals surface area contributed by atoms with Gasteiger partial charge in [0, 0.05) is 0 Å². The number of nitro groups is 1. The van der Waals surface area contributed by atoms with Crippen LogP contribution in [0.25, 0.3) is 10.8 Å². The average molecular weight is 294 g/mol. The number of fused-ring (bicyclic) bond motifs is 1. The number of benzene rings is 2. The van der Waals surface area contributed by atoms with Gasteiger partial charge in [-0.25, -0.2) is 9.97 Å².